The monoisotopic (exact) mass is 191 g/mol. The Kier molecular flexibility index (Phi) is 7.47. The number of rotatable bonds is 0. The SMILES string of the molecule is [C]1=CCCC=CCCCCCCCC1. The summed E-state index contributed by atoms with van der Waals surface area (Å²) in [5, 5.41) is 0. The summed E-state index contributed by atoms with van der Waals surface area (Å²) < 4.78 is 0. The Labute approximate surface area is 89.1 Å². The Morgan fingerprint density at radius 3 is 2.29 bits per heavy atom. The number of hydrogen-bond acceptors (Lipinski definition) is 0. The molecule has 0 aromatic heterocycles. The third kappa shape index (κ3) is 6.94. The molecule has 0 saturated carbocycles. The standard InChI is InChI=1S/C14H23/c1-2-4-6-8-10-12-14-13-11-9-7-5-3-1/h1-2,7H,3-6,8,10-14H2. The zero-order valence-electron chi connectivity index (χ0n) is 9.30. The summed E-state index contributed by atoms with van der Waals surface area (Å²) in [4.78, 5) is 0. The molecule has 1 aliphatic carbocycles. The summed E-state index contributed by atoms with van der Waals surface area (Å²) in [6, 6.07) is 0. The molecule has 79 valence electrons. The molecular weight excluding hydrogens is 168 g/mol. The van der Waals surface area contributed by atoms with Crippen molar-refractivity contribution in [2.24, 2.45) is 0 Å². The van der Waals surface area contributed by atoms with Crippen LogP contribution in [0.2, 0.25) is 0 Å². The van der Waals surface area contributed by atoms with Gasteiger partial charge in [0.1, 0.15) is 0 Å². The Morgan fingerprint density at radius 2 is 1.36 bits per heavy atom. The summed E-state index contributed by atoms with van der Waals surface area (Å²) in [5.41, 5.74) is 0. The van der Waals surface area contributed by atoms with Gasteiger partial charge in [-0.15, -0.1) is 0 Å². The first-order valence-electron chi connectivity index (χ1n) is 6.20. The zero-order chi connectivity index (χ0) is 9.90. The quantitative estimate of drug-likeness (QED) is 0.482. The molecule has 0 N–H and O–H groups in total. The highest BCUT2D eigenvalue weighted by atomic mass is 14.0. The highest BCUT2D eigenvalue weighted by molar-refractivity contribution is 4.85. The van der Waals surface area contributed by atoms with Gasteiger partial charge in [0.15, 0.2) is 0 Å². The van der Waals surface area contributed by atoms with Crippen LogP contribution in [0.15, 0.2) is 18.2 Å². The third-order valence-electron chi connectivity index (χ3n) is 2.73. The molecule has 0 aromatic carbocycles. The van der Waals surface area contributed by atoms with Gasteiger partial charge >= 0.3 is 0 Å². The third-order valence-corrected chi connectivity index (χ3v) is 2.73. The van der Waals surface area contributed by atoms with Gasteiger partial charge in [0.05, 0.1) is 0 Å². The first-order chi connectivity index (χ1) is 7.00. The Hall–Kier alpha value is -0.520. The van der Waals surface area contributed by atoms with Crippen molar-refractivity contribution in [2.75, 3.05) is 0 Å². The molecule has 0 bridgehead atoms. The van der Waals surface area contributed by atoms with Crippen LogP contribution in [0.4, 0.5) is 0 Å². The van der Waals surface area contributed by atoms with E-state index >= 15 is 0 Å². The van der Waals surface area contributed by atoms with Crippen LogP contribution in [0, 0.1) is 6.08 Å². The van der Waals surface area contributed by atoms with Gasteiger partial charge in [-0.2, -0.15) is 0 Å². The van der Waals surface area contributed by atoms with Crippen molar-refractivity contribution in [3.05, 3.63) is 24.3 Å². The lowest BCUT2D eigenvalue weighted by atomic mass is 10.1. The van der Waals surface area contributed by atoms with Gasteiger partial charge in [-0.1, -0.05) is 43.9 Å². The maximum absolute atomic E-state index is 3.38. The molecule has 1 rings (SSSR count). The van der Waals surface area contributed by atoms with Crippen molar-refractivity contribution >= 4 is 0 Å². The fourth-order valence-electron chi connectivity index (χ4n) is 1.82. The molecule has 0 heterocycles. The molecule has 0 aromatic rings. The summed E-state index contributed by atoms with van der Waals surface area (Å²) in [7, 11) is 0. The average Bonchev–Trinajstić information content (AvgIpc) is 2.22. The van der Waals surface area contributed by atoms with Gasteiger partial charge in [-0.05, 0) is 44.6 Å². The van der Waals surface area contributed by atoms with E-state index < -0.39 is 0 Å². The maximum Gasteiger partial charge on any atom is -0.0279 e. The van der Waals surface area contributed by atoms with Crippen LogP contribution < -0.4 is 0 Å². The van der Waals surface area contributed by atoms with Gasteiger partial charge < -0.3 is 0 Å². The number of hydrogen-bond donors (Lipinski definition) is 0. The fraction of sp³-hybridized carbons (Fsp3) is 0.714. The summed E-state index contributed by atoms with van der Waals surface area (Å²) in [6.45, 7) is 0. The summed E-state index contributed by atoms with van der Waals surface area (Å²) in [5.74, 6) is 0. The van der Waals surface area contributed by atoms with Crippen LogP contribution in [0.25, 0.3) is 0 Å². The molecule has 0 unspecified atom stereocenters. The van der Waals surface area contributed by atoms with E-state index in [9.17, 15) is 0 Å². The molecule has 0 spiro atoms. The minimum Gasteiger partial charge on any atom is -0.0885 e. The lowest BCUT2D eigenvalue weighted by molar-refractivity contribution is 0.597. The second-order valence-corrected chi connectivity index (χ2v) is 4.12. The van der Waals surface area contributed by atoms with Gasteiger partial charge in [0.25, 0.3) is 0 Å². The van der Waals surface area contributed by atoms with E-state index in [0.29, 0.717) is 0 Å². The van der Waals surface area contributed by atoms with E-state index in [0.717, 1.165) is 0 Å². The Bertz CT molecular complexity index is 145. The lowest BCUT2D eigenvalue weighted by Gasteiger charge is -2.00. The van der Waals surface area contributed by atoms with E-state index in [4.69, 9.17) is 0 Å². The molecule has 0 nitrogen and oxygen atoms in total. The van der Waals surface area contributed by atoms with Crippen molar-refractivity contribution in [2.45, 2.75) is 64.2 Å². The van der Waals surface area contributed by atoms with Gasteiger partial charge in [-0.25, -0.2) is 0 Å². The van der Waals surface area contributed by atoms with Crippen molar-refractivity contribution in [1.82, 2.24) is 0 Å². The molecule has 0 amide bonds. The van der Waals surface area contributed by atoms with Crippen LogP contribution in [0.1, 0.15) is 64.2 Å². The first kappa shape index (κ1) is 11.6. The predicted molar refractivity (Wildman–Crippen MR) is 63.1 cm³/mol. The molecule has 0 aliphatic heterocycles. The van der Waals surface area contributed by atoms with E-state index in [1.54, 1.807) is 0 Å². The van der Waals surface area contributed by atoms with Crippen molar-refractivity contribution < 1.29 is 0 Å². The minimum absolute atomic E-state index is 1.17. The first-order valence-corrected chi connectivity index (χ1v) is 6.20. The van der Waals surface area contributed by atoms with E-state index in [1.165, 1.54) is 64.2 Å². The van der Waals surface area contributed by atoms with Gasteiger partial charge in [-0.3, -0.25) is 0 Å². The van der Waals surface area contributed by atoms with Crippen LogP contribution >= 0.6 is 0 Å². The van der Waals surface area contributed by atoms with Gasteiger partial charge in [0, 0.05) is 0 Å². The molecular formula is C14H23. The van der Waals surface area contributed by atoms with Crippen LogP contribution in [0.5, 0.6) is 0 Å². The van der Waals surface area contributed by atoms with E-state index in [1.807, 2.05) is 0 Å². The molecule has 1 radical (unpaired) electrons. The maximum atomic E-state index is 3.38. The molecule has 0 fully saturated rings. The van der Waals surface area contributed by atoms with Crippen LogP contribution in [0.3, 0.4) is 0 Å². The molecule has 0 atom stereocenters. The topological polar surface area (TPSA) is 0 Å². The second kappa shape index (κ2) is 9.05. The Balaban J connectivity index is 2.17. The minimum atomic E-state index is 1.17. The summed E-state index contributed by atoms with van der Waals surface area (Å²) >= 11 is 0. The fourth-order valence-corrected chi connectivity index (χ4v) is 1.82. The second-order valence-electron chi connectivity index (χ2n) is 4.12. The van der Waals surface area contributed by atoms with Crippen LogP contribution in [-0.4, -0.2) is 0 Å². The largest absolute Gasteiger partial charge is 0.0885 e. The number of allylic oxidation sites excluding steroid dienone is 4. The van der Waals surface area contributed by atoms with E-state index in [2.05, 4.69) is 24.3 Å². The highest BCUT2D eigenvalue weighted by Gasteiger charge is 1.90. The van der Waals surface area contributed by atoms with Crippen LogP contribution in [-0.2, 0) is 0 Å². The molecule has 14 heavy (non-hydrogen) atoms. The molecule has 1 aliphatic rings. The van der Waals surface area contributed by atoms with Crippen molar-refractivity contribution in [3.8, 4) is 0 Å². The predicted octanol–water partition coefficient (Wildman–Crippen LogP) is 4.82. The zero-order valence-corrected chi connectivity index (χ0v) is 9.30. The van der Waals surface area contributed by atoms with Gasteiger partial charge in [0.2, 0.25) is 0 Å². The van der Waals surface area contributed by atoms with E-state index in [-0.39, 0.29) is 0 Å². The van der Waals surface area contributed by atoms with Crippen molar-refractivity contribution in [3.63, 3.8) is 0 Å². The van der Waals surface area contributed by atoms with Crippen molar-refractivity contribution in [1.29, 1.82) is 0 Å². The molecule has 0 heteroatoms. The lowest BCUT2D eigenvalue weighted by Crippen LogP contribution is -1.80. The average molecular weight is 191 g/mol. The molecule has 0 saturated heterocycles. The summed E-state index contributed by atoms with van der Waals surface area (Å²) in [6.07, 6.45) is 23.5. The smallest absolute Gasteiger partial charge is 0.0279 e. The normalized spacial score (nSPS) is 21.7. The Morgan fingerprint density at radius 1 is 0.643 bits per heavy atom. The highest BCUT2D eigenvalue weighted by Crippen LogP contribution is 2.10.